The van der Waals surface area contributed by atoms with E-state index in [0.29, 0.717) is 25.0 Å². The second-order valence-electron chi connectivity index (χ2n) is 5.38. The standard InChI is InChI=1S/C13H26O3/c1-9(2)15-5-6-16-13-11(4)7-10(3)8-12(13)14/h9-14H,5-8H2,1-4H3. The maximum Gasteiger partial charge on any atom is 0.0860 e. The topological polar surface area (TPSA) is 38.7 Å². The Morgan fingerprint density at radius 3 is 2.44 bits per heavy atom. The molecule has 1 rings (SSSR count). The SMILES string of the molecule is CC1CC(C)C(OCCOC(C)C)C(O)C1. The maximum atomic E-state index is 9.95. The minimum atomic E-state index is -0.308. The molecule has 1 saturated carbocycles. The third-order valence-electron chi connectivity index (χ3n) is 3.20. The largest absolute Gasteiger partial charge is 0.390 e. The van der Waals surface area contributed by atoms with Gasteiger partial charge in [0.05, 0.1) is 31.5 Å². The predicted octanol–water partition coefficient (Wildman–Crippen LogP) is 2.22. The van der Waals surface area contributed by atoms with Gasteiger partial charge in [0.2, 0.25) is 0 Å². The van der Waals surface area contributed by atoms with Crippen LogP contribution in [0.1, 0.15) is 40.5 Å². The molecule has 4 atom stereocenters. The van der Waals surface area contributed by atoms with E-state index in [1.807, 2.05) is 13.8 Å². The monoisotopic (exact) mass is 230 g/mol. The van der Waals surface area contributed by atoms with Gasteiger partial charge in [0, 0.05) is 0 Å². The molecule has 0 aromatic heterocycles. The molecule has 1 aliphatic rings. The van der Waals surface area contributed by atoms with Crippen molar-refractivity contribution < 1.29 is 14.6 Å². The molecule has 0 aromatic rings. The van der Waals surface area contributed by atoms with Crippen molar-refractivity contribution in [2.24, 2.45) is 11.8 Å². The first-order chi connectivity index (χ1) is 7.50. The number of aliphatic hydroxyl groups is 1. The fourth-order valence-corrected chi connectivity index (χ4v) is 2.53. The number of aliphatic hydroxyl groups excluding tert-OH is 1. The average molecular weight is 230 g/mol. The zero-order valence-corrected chi connectivity index (χ0v) is 11.0. The van der Waals surface area contributed by atoms with Gasteiger partial charge in [0.25, 0.3) is 0 Å². The predicted molar refractivity (Wildman–Crippen MR) is 64.4 cm³/mol. The van der Waals surface area contributed by atoms with Gasteiger partial charge in [-0.1, -0.05) is 13.8 Å². The highest BCUT2D eigenvalue weighted by Gasteiger charge is 2.33. The van der Waals surface area contributed by atoms with E-state index in [9.17, 15) is 5.11 Å². The van der Waals surface area contributed by atoms with Gasteiger partial charge in [-0.05, 0) is 38.5 Å². The summed E-state index contributed by atoms with van der Waals surface area (Å²) in [7, 11) is 0. The second-order valence-corrected chi connectivity index (χ2v) is 5.38. The number of hydrogen-bond acceptors (Lipinski definition) is 3. The van der Waals surface area contributed by atoms with Gasteiger partial charge >= 0.3 is 0 Å². The smallest absolute Gasteiger partial charge is 0.0860 e. The first-order valence-corrected chi connectivity index (χ1v) is 6.42. The van der Waals surface area contributed by atoms with Crippen molar-refractivity contribution in [2.75, 3.05) is 13.2 Å². The summed E-state index contributed by atoms with van der Waals surface area (Å²) < 4.78 is 11.1. The number of ether oxygens (including phenoxy) is 2. The van der Waals surface area contributed by atoms with Gasteiger partial charge in [-0.3, -0.25) is 0 Å². The Hall–Kier alpha value is -0.120. The molecule has 1 fully saturated rings. The molecule has 4 unspecified atom stereocenters. The van der Waals surface area contributed by atoms with Crippen LogP contribution >= 0.6 is 0 Å². The zero-order chi connectivity index (χ0) is 12.1. The van der Waals surface area contributed by atoms with Crippen LogP contribution in [0.15, 0.2) is 0 Å². The van der Waals surface area contributed by atoms with Gasteiger partial charge in [-0.25, -0.2) is 0 Å². The lowest BCUT2D eigenvalue weighted by molar-refractivity contribution is -0.109. The Balaban J connectivity index is 2.24. The zero-order valence-electron chi connectivity index (χ0n) is 11.0. The van der Waals surface area contributed by atoms with Crippen molar-refractivity contribution >= 4 is 0 Å². The van der Waals surface area contributed by atoms with Gasteiger partial charge in [0.15, 0.2) is 0 Å². The third-order valence-corrected chi connectivity index (χ3v) is 3.20. The third kappa shape index (κ3) is 4.40. The van der Waals surface area contributed by atoms with Crippen molar-refractivity contribution in [3.05, 3.63) is 0 Å². The molecule has 0 amide bonds. The quantitative estimate of drug-likeness (QED) is 0.736. The Labute approximate surface area is 99.1 Å². The molecule has 0 radical (unpaired) electrons. The summed E-state index contributed by atoms with van der Waals surface area (Å²) in [4.78, 5) is 0. The molecule has 0 saturated heterocycles. The summed E-state index contributed by atoms with van der Waals surface area (Å²) >= 11 is 0. The molecule has 96 valence electrons. The van der Waals surface area contributed by atoms with E-state index in [1.165, 1.54) is 0 Å². The van der Waals surface area contributed by atoms with E-state index >= 15 is 0 Å². The normalized spacial score (nSPS) is 35.6. The summed E-state index contributed by atoms with van der Waals surface area (Å²) in [6.07, 6.45) is 1.94. The fourth-order valence-electron chi connectivity index (χ4n) is 2.53. The van der Waals surface area contributed by atoms with Crippen LogP contribution in [0.25, 0.3) is 0 Å². The molecular formula is C13H26O3. The van der Waals surface area contributed by atoms with Crippen molar-refractivity contribution in [3.8, 4) is 0 Å². The second kappa shape index (κ2) is 6.58. The van der Waals surface area contributed by atoms with E-state index < -0.39 is 0 Å². The molecule has 3 nitrogen and oxygen atoms in total. The number of rotatable bonds is 5. The van der Waals surface area contributed by atoms with Crippen molar-refractivity contribution in [2.45, 2.75) is 58.8 Å². The van der Waals surface area contributed by atoms with Gasteiger partial charge in [0.1, 0.15) is 0 Å². The minimum absolute atomic E-state index is 0.00744. The summed E-state index contributed by atoms with van der Waals surface area (Å²) in [5.41, 5.74) is 0. The fraction of sp³-hybridized carbons (Fsp3) is 1.00. The summed E-state index contributed by atoms with van der Waals surface area (Å²) in [5.74, 6) is 1.05. The highest BCUT2D eigenvalue weighted by atomic mass is 16.5. The van der Waals surface area contributed by atoms with Crippen molar-refractivity contribution in [3.63, 3.8) is 0 Å². The van der Waals surface area contributed by atoms with Gasteiger partial charge in [-0.15, -0.1) is 0 Å². The van der Waals surface area contributed by atoms with Crippen LogP contribution in [0, 0.1) is 11.8 Å². The van der Waals surface area contributed by atoms with Crippen LogP contribution in [0.2, 0.25) is 0 Å². The molecule has 3 heteroatoms. The molecule has 16 heavy (non-hydrogen) atoms. The highest BCUT2D eigenvalue weighted by Crippen LogP contribution is 2.30. The molecule has 1 N–H and O–H groups in total. The lowest BCUT2D eigenvalue weighted by Gasteiger charge is -2.36. The molecule has 0 aliphatic heterocycles. The molecule has 0 bridgehead atoms. The van der Waals surface area contributed by atoms with Crippen LogP contribution in [0.4, 0.5) is 0 Å². The number of hydrogen-bond donors (Lipinski definition) is 1. The lowest BCUT2D eigenvalue weighted by Crippen LogP contribution is -2.41. The molecule has 0 aromatic carbocycles. The Morgan fingerprint density at radius 1 is 1.19 bits per heavy atom. The van der Waals surface area contributed by atoms with Gasteiger partial charge < -0.3 is 14.6 Å². The molecule has 0 spiro atoms. The van der Waals surface area contributed by atoms with E-state index in [1.54, 1.807) is 0 Å². The van der Waals surface area contributed by atoms with E-state index in [2.05, 4.69) is 13.8 Å². The molecule has 0 heterocycles. The van der Waals surface area contributed by atoms with Crippen molar-refractivity contribution in [1.29, 1.82) is 0 Å². The Bertz CT molecular complexity index is 182. The Kier molecular flexibility index (Phi) is 5.73. The summed E-state index contributed by atoms with van der Waals surface area (Å²) in [5, 5.41) is 9.95. The highest BCUT2D eigenvalue weighted by molar-refractivity contribution is 4.83. The van der Waals surface area contributed by atoms with Crippen molar-refractivity contribution in [1.82, 2.24) is 0 Å². The first-order valence-electron chi connectivity index (χ1n) is 6.42. The molecule has 1 aliphatic carbocycles. The minimum Gasteiger partial charge on any atom is -0.390 e. The maximum absolute atomic E-state index is 9.95. The average Bonchev–Trinajstić information content (AvgIpc) is 2.14. The van der Waals surface area contributed by atoms with E-state index in [4.69, 9.17) is 9.47 Å². The lowest BCUT2D eigenvalue weighted by atomic mass is 9.79. The summed E-state index contributed by atoms with van der Waals surface area (Å²) in [6.45, 7) is 9.58. The van der Waals surface area contributed by atoms with Crippen LogP contribution < -0.4 is 0 Å². The molecular weight excluding hydrogens is 204 g/mol. The van der Waals surface area contributed by atoms with Gasteiger partial charge in [-0.2, -0.15) is 0 Å². The summed E-state index contributed by atoms with van der Waals surface area (Å²) in [6, 6.07) is 0. The van der Waals surface area contributed by atoms with E-state index in [0.717, 1.165) is 12.8 Å². The van der Waals surface area contributed by atoms with Crippen LogP contribution in [0.3, 0.4) is 0 Å². The first kappa shape index (κ1) is 13.9. The van der Waals surface area contributed by atoms with Crippen LogP contribution in [0.5, 0.6) is 0 Å². The Morgan fingerprint density at radius 2 is 1.88 bits per heavy atom. The van der Waals surface area contributed by atoms with Crippen LogP contribution in [-0.2, 0) is 9.47 Å². The van der Waals surface area contributed by atoms with Crippen LogP contribution in [-0.4, -0.2) is 36.6 Å². The van der Waals surface area contributed by atoms with E-state index in [-0.39, 0.29) is 18.3 Å².